The van der Waals surface area contributed by atoms with Gasteiger partial charge in [0.15, 0.2) is 13.9 Å². The summed E-state index contributed by atoms with van der Waals surface area (Å²) in [6.07, 6.45) is -0.588. The number of aromatic amines is 1. The smallest absolute Gasteiger partial charge is 0.330 e. The first-order valence-electron chi connectivity index (χ1n) is 14.3. The van der Waals surface area contributed by atoms with E-state index in [-0.39, 0.29) is 36.8 Å². The number of rotatable bonds is 12. The Kier molecular flexibility index (Phi) is 9.84. The zero-order chi connectivity index (χ0) is 30.5. The van der Waals surface area contributed by atoms with Crippen LogP contribution >= 0.6 is 0 Å². The molecule has 42 heavy (non-hydrogen) atoms. The molecule has 0 unspecified atom stereocenters. The molecule has 4 rings (SSSR count). The number of nitrogens with one attached hydrogen (secondary N) is 1. The lowest BCUT2D eigenvalue weighted by molar-refractivity contribution is -0.155. The van der Waals surface area contributed by atoms with Gasteiger partial charge in [-0.2, -0.15) is 0 Å². The van der Waals surface area contributed by atoms with Gasteiger partial charge in [-0.3, -0.25) is 19.1 Å². The summed E-state index contributed by atoms with van der Waals surface area (Å²) in [5.74, 6) is -0.417. The fourth-order valence-corrected chi connectivity index (χ4v) is 5.71. The van der Waals surface area contributed by atoms with Gasteiger partial charge in [0, 0.05) is 24.8 Å². The van der Waals surface area contributed by atoms with Crippen LogP contribution in [0.15, 0.2) is 76.4 Å². The van der Waals surface area contributed by atoms with Crippen molar-refractivity contribution in [2.75, 3.05) is 13.2 Å². The zero-order valence-corrected chi connectivity index (χ0v) is 26.3. The molecule has 0 bridgehead atoms. The quantitative estimate of drug-likeness (QED) is 0.297. The molecule has 0 aliphatic carbocycles. The molecule has 1 N–H and O–H groups in total. The van der Waals surface area contributed by atoms with Crippen molar-refractivity contribution in [3.63, 3.8) is 0 Å². The van der Waals surface area contributed by atoms with Gasteiger partial charge in [0.05, 0.1) is 19.8 Å². The number of ether oxygens (including phenoxy) is 3. The molecule has 1 saturated heterocycles. The summed E-state index contributed by atoms with van der Waals surface area (Å²) < 4.78 is 26.6. The fraction of sp³-hybridized carbons (Fsp3) is 0.469. The minimum Gasteiger partial charge on any atom is -0.417 e. The van der Waals surface area contributed by atoms with Crippen molar-refractivity contribution in [1.82, 2.24) is 9.55 Å². The largest absolute Gasteiger partial charge is 0.417 e. The molecule has 0 radical (unpaired) electrons. The number of carbonyl (C=O) groups excluding carboxylic acids is 1. The van der Waals surface area contributed by atoms with Crippen LogP contribution in [-0.4, -0.2) is 48.6 Å². The standard InChI is InChI=1S/C32H42N2O7Si/c1-23-19-34(30(37)33-28(23)36)29-27(35)32(39-21-25-15-11-8-12-16-25,17-18-40-42(5,6)31(2,3)4)26(41-29)22-38-20-24-13-9-7-10-14-24/h7-16,19,26,29H,17-18,20-22H2,1-6H3,(H,33,36,37)/t26-,29-,32-/m1/s1. The van der Waals surface area contributed by atoms with Crippen molar-refractivity contribution in [2.24, 2.45) is 0 Å². The fourth-order valence-electron chi connectivity index (χ4n) is 4.66. The van der Waals surface area contributed by atoms with Crippen molar-refractivity contribution in [2.45, 2.75) is 83.4 Å². The van der Waals surface area contributed by atoms with E-state index < -0.39 is 43.3 Å². The molecule has 2 aromatic carbocycles. The van der Waals surface area contributed by atoms with E-state index in [4.69, 9.17) is 18.6 Å². The first-order valence-corrected chi connectivity index (χ1v) is 17.2. The predicted octanol–water partition coefficient (Wildman–Crippen LogP) is 4.90. The van der Waals surface area contributed by atoms with Gasteiger partial charge in [0.1, 0.15) is 6.10 Å². The van der Waals surface area contributed by atoms with Gasteiger partial charge < -0.3 is 18.6 Å². The number of Topliss-reactive ketones (excluding diaryl/α,β-unsaturated/α-hetero) is 1. The Balaban J connectivity index is 1.69. The van der Waals surface area contributed by atoms with Crippen LogP contribution in [0.4, 0.5) is 0 Å². The maximum Gasteiger partial charge on any atom is 0.330 e. The van der Waals surface area contributed by atoms with E-state index >= 15 is 0 Å². The van der Waals surface area contributed by atoms with Crippen LogP contribution < -0.4 is 11.2 Å². The van der Waals surface area contributed by atoms with Crippen LogP contribution in [0.1, 0.15) is 50.1 Å². The Labute approximate surface area is 247 Å². The number of aromatic nitrogens is 2. The number of hydrogen-bond donors (Lipinski definition) is 1. The normalized spacial score (nSPS) is 21.1. The van der Waals surface area contributed by atoms with Gasteiger partial charge in [-0.25, -0.2) is 4.79 Å². The molecule has 226 valence electrons. The molecule has 0 spiro atoms. The molecule has 1 aliphatic heterocycles. The van der Waals surface area contributed by atoms with E-state index in [9.17, 15) is 14.4 Å². The van der Waals surface area contributed by atoms with E-state index in [0.29, 0.717) is 6.61 Å². The van der Waals surface area contributed by atoms with Crippen LogP contribution in [0, 0.1) is 6.92 Å². The third-order valence-corrected chi connectivity index (χ3v) is 12.9. The monoisotopic (exact) mass is 594 g/mol. The number of hydrogen-bond acceptors (Lipinski definition) is 7. The molecule has 3 aromatic rings. The number of ketones is 1. The summed E-state index contributed by atoms with van der Waals surface area (Å²) >= 11 is 0. The van der Waals surface area contributed by atoms with E-state index in [0.717, 1.165) is 15.7 Å². The minimum absolute atomic E-state index is 0.0251. The average molecular weight is 595 g/mol. The topological polar surface area (TPSA) is 109 Å². The summed E-state index contributed by atoms with van der Waals surface area (Å²) in [5, 5.41) is -0.0251. The number of aryl methyl sites for hydroxylation is 1. The number of H-pyrrole nitrogens is 1. The Bertz CT molecular complexity index is 1460. The van der Waals surface area contributed by atoms with Crippen LogP contribution in [0.25, 0.3) is 0 Å². The molecule has 3 atom stereocenters. The van der Waals surface area contributed by atoms with Crippen LogP contribution in [-0.2, 0) is 36.6 Å². The molecule has 10 heteroatoms. The highest BCUT2D eigenvalue weighted by molar-refractivity contribution is 6.74. The SMILES string of the molecule is Cc1cn([C@@H]2O[C@H](COCc3ccccc3)[C@@](CCO[Si](C)(C)C(C)(C)C)(OCc3ccccc3)C2=O)c(=O)[nH]c1=O. The second kappa shape index (κ2) is 13.0. The molecule has 9 nitrogen and oxygen atoms in total. The molecule has 1 aliphatic rings. The van der Waals surface area contributed by atoms with Crippen molar-refractivity contribution in [1.29, 1.82) is 0 Å². The van der Waals surface area contributed by atoms with E-state index in [2.05, 4.69) is 38.8 Å². The van der Waals surface area contributed by atoms with Gasteiger partial charge >= 0.3 is 5.69 Å². The Hall–Kier alpha value is -3.15. The van der Waals surface area contributed by atoms with Gasteiger partial charge in [-0.05, 0) is 36.2 Å². The molecular weight excluding hydrogens is 552 g/mol. The highest BCUT2D eigenvalue weighted by Crippen LogP contribution is 2.41. The van der Waals surface area contributed by atoms with Gasteiger partial charge in [0.25, 0.3) is 5.56 Å². The maximum absolute atomic E-state index is 14.4. The van der Waals surface area contributed by atoms with E-state index in [1.807, 2.05) is 60.7 Å². The van der Waals surface area contributed by atoms with Crippen LogP contribution in [0.2, 0.25) is 18.1 Å². The molecule has 1 aromatic heterocycles. The van der Waals surface area contributed by atoms with Gasteiger partial charge in [0.2, 0.25) is 12.0 Å². The highest BCUT2D eigenvalue weighted by Gasteiger charge is 2.58. The molecule has 2 heterocycles. The Morgan fingerprint density at radius 3 is 2.14 bits per heavy atom. The zero-order valence-electron chi connectivity index (χ0n) is 25.3. The summed E-state index contributed by atoms with van der Waals surface area (Å²) in [6.45, 7) is 13.1. The van der Waals surface area contributed by atoms with Crippen molar-refractivity contribution < 1.29 is 23.4 Å². The van der Waals surface area contributed by atoms with Crippen LogP contribution in [0.5, 0.6) is 0 Å². The molecule has 0 amide bonds. The first-order chi connectivity index (χ1) is 19.8. The summed E-state index contributed by atoms with van der Waals surface area (Å²) in [7, 11) is -2.15. The second-order valence-corrected chi connectivity index (χ2v) is 17.2. The summed E-state index contributed by atoms with van der Waals surface area (Å²) in [4.78, 5) is 41.6. The molecule has 1 fully saturated rings. The lowest BCUT2D eigenvalue weighted by Gasteiger charge is -2.38. The third-order valence-electron chi connectivity index (χ3n) is 8.32. The second-order valence-electron chi connectivity index (χ2n) is 12.3. The lowest BCUT2D eigenvalue weighted by Crippen LogP contribution is -2.51. The average Bonchev–Trinajstić information content (AvgIpc) is 3.21. The third kappa shape index (κ3) is 7.07. The minimum atomic E-state index is -2.15. The van der Waals surface area contributed by atoms with Gasteiger partial charge in [-0.15, -0.1) is 0 Å². The van der Waals surface area contributed by atoms with Crippen molar-refractivity contribution in [3.8, 4) is 0 Å². The van der Waals surface area contributed by atoms with E-state index in [1.165, 1.54) is 6.20 Å². The van der Waals surface area contributed by atoms with Gasteiger partial charge in [-0.1, -0.05) is 81.4 Å². The predicted molar refractivity (Wildman–Crippen MR) is 163 cm³/mol. The molecular formula is C32H42N2O7Si. The maximum atomic E-state index is 14.4. The number of benzene rings is 2. The summed E-state index contributed by atoms with van der Waals surface area (Å²) in [6, 6.07) is 19.3. The number of carbonyl (C=O) groups is 1. The summed E-state index contributed by atoms with van der Waals surface area (Å²) in [5.41, 5.74) is -0.569. The van der Waals surface area contributed by atoms with Crippen molar-refractivity contribution in [3.05, 3.63) is 104 Å². The van der Waals surface area contributed by atoms with Crippen LogP contribution in [0.3, 0.4) is 0 Å². The molecule has 0 saturated carbocycles. The highest BCUT2D eigenvalue weighted by atomic mass is 28.4. The Morgan fingerprint density at radius 1 is 0.952 bits per heavy atom. The number of nitrogens with zero attached hydrogens (tertiary/aromatic N) is 1. The first kappa shape index (κ1) is 31.8. The van der Waals surface area contributed by atoms with E-state index in [1.54, 1.807) is 6.92 Å². The van der Waals surface area contributed by atoms with Crippen molar-refractivity contribution >= 4 is 14.1 Å². The lowest BCUT2D eigenvalue weighted by atomic mass is 9.89. The Morgan fingerprint density at radius 2 is 1.55 bits per heavy atom.